The van der Waals surface area contributed by atoms with Crippen LogP contribution in [-0.4, -0.2) is 28.5 Å². The second-order valence-corrected chi connectivity index (χ2v) is 6.31. The van der Waals surface area contributed by atoms with Crippen LogP contribution in [0, 0.1) is 0 Å². The first-order valence-electron chi connectivity index (χ1n) is 6.90. The Morgan fingerprint density at radius 2 is 1.71 bits per heavy atom. The van der Waals surface area contributed by atoms with Crippen LogP contribution in [-0.2, 0) is 14.9 Å². The van der Waals surface area contributed by atoms with Gasteiger partial charge in [0.25, 0.3) is 0 Å². The molecular weight excluding hydrogens is 334 g/mol. The Bertz CT molecular complexity index is 847. The van der Waals surface area contributed by atoms with Gasteiger partial charge in [-0.15, -0.1) is 0 Å². The molecule has 0 atom stereocenters. The number of rotatable bonds is 6. The molecule has 0 bridgehead atoms. The minimum atomic E-state index is -4.08. The van der Waals surface area contributed by atoms with Gasteiger partial charge in [-0.3, -0.25) is 4.79 Å². The minimum Gasteiger partial charge on any atom is -0.497 e. The first-order valence-corrected chi connectivity index (χ1v) is 8.30. The Morgan fingerprint density at radius 3 is 2.33 bits per heavy atom. The van der Waals surface area contributed by atoms with Crippen molar-refractivity contribution >= 4 is 21.7 Å². The van der Waals surface area contributed by atoms with Crippen LogP contribution in [0.3, 0.4) is 0 Å². The molecule has 2 rings (SSSR count). The zero-order chi connectivity index (χ0) is 17.7. The molecule has 24 heavy (non-hydrogen) atoms. The van der Waals surface area contributed by atoms with Crippen molar-refractivity contribution in [3.05, 3.63) is 42.5 Å². The summed E-state index contributed by atoms with van der Waals surface area (Å²) in [5.74, 6) is 0.574. The van der Waals surface area contributed by atoms with E-state index < -0.39 is 10.1 Å². The molecule has 1 N–H and O–H groups in total. The maximum absolute atomic E-state index is 12.4. The standard InChI is InChI=1S/C16H17NO6S/c1-11(18)17-15-10-14(7-8-16(15)22-3)24(19,20)23-13-6-4-5-12(9-13)21-2/h4-10H,1-3H3,(H,17,18). The van der Waals surface area contributed by atoms with Crippen molar-refractivity contribution in [1.82, 2.24) is 0 Å². The zero-order valence-electron chi connectivity index (χ0n) is 13.4. The number of benzene rings is 2. The first kappa shape index (κ1) is 17.6. The van der Waals surface area contributed by atoms with Crippen molar-refractivity contribution in [3.63, 3.8) is 0 Å². The monoisotopic (exact) mass is 351 g/mol. The topological polar surface area (TPSA) is 90.9 Å². The minimum absolute atomic E-state index is 0.116. The molecule has 0 saturated carbocycles. The van der Waals surface area contributed by atoms with Crippen LogP contribution in [0.4, 0.5) is 5.69 Å². The second-order valence-electron chi connectivity index (χ2n) is 4.76. The third-order valence-corrected chi connectivity index (χ3v) is 4.26. The summed E-state index contributed by atoms with van der Waals surface area (Å²) in [6.45, 7) is 1.31. The van der Waals surface area contributed by atoms with Gasteiger partial charge in [-0.2, -0.15) is 8.42 Å². The van der Waals surface area contributed by atoms with E-state index in [1.165, 1.54) is 51.5 Å². The molecule has 0 aliphatic carbocycles. The Balaban J connectivity index is 2.36. The molecule has 0 spiro atoms. The Hall–Kier alpha value is -2.74. The van der Waals surface area contributed by atoms with Gasteiger partial charge in [0.05, 0.1) is 19.9 Å². The number of nitrogens with one attached hydrogen (secondary N) is 1. The molecule has 0 aliphatic heterocycles. The van der Waals surface area contributed by atoms with Crippen molar-refractivity contribution in [2.75, 3.05) is 19.5 Å². The lowest BCUT2D eigenvalue weighted by Gasteiger charge is -2.12. The molecule has 8 heteroatoms. The fraction of sp³-hybridized carbons (Fsp3) is 0.188. The Kier molecular flexibility index (Phi) is 5.30. The average molecular weight is 351 g/mol. The maximum Gasteiger partial charge on any atom is 0.339 e. The average Bonchev–Trinajstić information content (AvgIpc) is 2.54. The molecule has 0 fully saturated rings. The molecule has 7 nitrogen and oxygen atoms in total. The van der Waals surface area contributed by atoms with E-state index in [2.05, 4.69) is 5.32 Å². The molecule has 2 aromatic carbocycles. The van der Waals surface area contributed by atoms with E-state index in [4.69, 9.17) is 13.7 Å². The smallest absolute Gasteiger partial charge is 0.339 e. The molecular formula is C16H17NO6S. The van der Waals surface area contributed by atoms with Crippen molar-refractivity contribution < 1.29 is 26.9 Å². The highest BCUT2D eigenvalue weighted by molar-refractivity contribution is 7.87. The summed E-state index contributed by atoms with van der Waals surface area (Å²) in [7, 11) is -1.20. The van der Waals surface area contributed by atoms with Gasteiger partial charge in [-0.05, 0) is 30.3 Å². The maximum atomic E-state index is 12.4. The van der Waals surface area contributed by atoms with Gasteiger partial charge in [0.1, 0.15) is 22.1 Å². The van der Waals surface area contributed by atoms with Gasteiger partial charge in [-0.25, -0.2) is 0 Å². The quantitative estimate of drug-likeness (QED) is 0.804. The number of anilines is 1. The SMILES string of the molecule is COc1cccc(OS(=O)(=O)c2ccc(OC)c(NC(C)=O)c2)c1. The molecule has 128 valence electrons. The highest BCUT2D eigenvalue weighted by atomic mass is 32.2. The largest absolute Gasteiger partial charge is 0.497 e. The van der Waals surface area contributed by atoms with Gasteiger partial charge in [0.2, 0.25) is 5.91 Å². The van der Waals surface area contributed by atoms with Crippen LogP contribution < -0.4 is 19.0 Å². The van der Waals surface area contributed by atoms with Crippen LogP contribution in [0.5, 0.6) is 17.2 Å². The lowest BCUT2D eigenvalue weighted by molar-refractivity contribution is -0.114. The van der Waals surface area contributed by atoms with Crippen molar-refractivity contribution in [2.45, 2.75) is 11.8 Å². The van der Waals surface area contributed by atoms with Crippen LogP contribution in [0.1, 0.15) is 6.92 Å². The molecule has 0 aliphatic rings. The number of carbonyl (C=O) groups excluding carboxylic acids is 1. The van der Waals surface area contributed by atoms with Gasteiger partial charge in [-0.1, -0.05) is 6.07 Å². The number of hydrogen-bond acceptors (Lipinski definition) is 6. The molecule has 0 heterocycles. The Labute approximate surface area is 140 Å². The molecule has 0 saturated heterocycles. The lowest BCUT2D eigenvalue weighted by Crippen LogP contribution is -2.12. The summed E-state index contributed by atoms with van der Waals surface area (Å²) in [5.41, 5.74) is 0.236. The van der Waals surface area contributed by atoms with Gasteiger partial charge in [0, 0.05) is 13.0 Å². The summed E-state index contributed by atoms with van der Waals surface area (Å²) < 4.78 is 40.1. The summed E-state index contributed by atoms with van der Waals surface area (Å²) in [5, 5.41) is 2.51. The first-order chi connectivity index (χ1) is 11.4. The normalized spacial score (nSPS) is 10.8. The number of carbonyl (C=O) groups is 1. The number of hydrogen-bond donors (Lipinski definition) is 1. The van der Waals surface area contributed by atoms with E-state index in [1.54, 1.807) is 12.1 Å². The molecule has 2 aromatic rings. The number of ether oxygens (including phenoxy) is 2. The predicted molar refractivity (Wildman–Crippen MR) is 88.1 cm³/mol. The summed E-state index contributed by atoms with van der Waals surface area (Å²) in [6.07, 6.45) is 0. The summed E-state index contributed by atoms with van der Waals surface area (Å²) in [6, 6.07) is 10.3. The third kappa shape index (κ3) is 4.17. The predicted octanol–water partition coefficient (Wildman–Crippen LogP) is 2.43. The molecule has 0 aromatic heterocycles. The van der Waals surface area contributed by atoms with E-state index in [-0.39, 0.29) is 22.2 Å². The Morgan fingerprint density at radius 1 is 1.00 bits per heavy atom. The van der Waals surface area contributed by atoms with E-state index in [1.807, 2.05) is 0 Å². The third-order valence-electron chi connectivity index (χ3n) is 3.02. The number of methoxy groups -OCH3 is 2. The van der Waals surface area contributed by atoms with Crippen LogP contribution in [0.25, 0.3) is 0 Å². The van der Waals surface area contributed by atoms with Gasteiger partial charge >= 0.3 is 10.1 Å². The zero-order valence-corrected chi connectivity index (χ0v) is 14.2. The van der Waals surface area contributed by atoms with Crippen LogP contribution in [0.15, 0.2) is 47.4 Å². The lowest BCUT2D eigenvalue weighted by atomic mass is 10.3. The highest BCUT2D eigenvalue weighted by Gasteiger charge is 2.19. The van der Waals surface area contributed by atoms with Crippen LogP contribution >= 0.6 is 0 Å². The summed E-state index contributed by atoms with van der Waals surface area (Å²) >= 11 is 0. The fourth-order valence-electron chi connectivity index (χ4n) is 1.96. The van der Waals surface area contributed by atoms with Gasteiger partial charge in [0.15, 0.2) is 0 Å². The number of amides is 1. The fourth-order valence-corrected chi connectivity index (χ4v) is 2.91. The van der Waals surface area contributed by atoms with E-state index in [9.17, 15) is 13.2 Å². The molecule has 0 radical (unpaired) electrons. The summed E-state index contributed by atoms with van der Waals surface area (Å²) in [4.78, 5) is 11.1. The van der Waals surface area contributed by atoms with E-state index in [0.717, 1.165) is 0 Å². The second kappa shape index (κ2) is 7.22. The highest BCUT2D eigenvalue weighted by Crippen LogP contribution is 2.29. The molecule has 1 amide bonds. The van der Waals surface area contributed by atoms with Crippen molar-refractivity contribution in [1.29, 1.82) is 0 Å². The van der Waals surface area contributed by atoms with Crippen molar-refractivity contribution in [3.8, 4) is 17.2 Å². The van der Waals surface area contributed by atoms with Crippen molar-refractivity contribution in [2.24, 2.45) is 0 Å². The van der Waals surface area contributed by atoms with Crippen LogP contribution in [0.2, 0.25) is 0 Å². The van der Waals surface area contributed by atoms with E-state index >= 15 is 0 Å². The molecule has 0 unspecified atom stereocenters. The van der Waals surface area contributed by atoms with E-state index in [0.29, 0.717) is 11.5 Å². The van der Waals surface area contributed by atoms with Gasteiger partial charge < -0.3 is 19.0 Å².